The lowest BCUT2D eigenvalue weighted by Crippen LogP contribution is -2.18. The fraction of sp³-hybridized carbons (Fsp3) is 0.350. The van der Waals surface area contributed by atoms with Crippen molar-refractivity contribution in [2.45, 2.75) is 45.1 Å². The van der Waals surface area contributed by atoms with Crippen molar-refractivity contribution in [3.63, 3.8) is 0 Å². The number of benzene rings is 1. The van der Waals surface area contributed by atoms with Gasteiger partial charge in [0.15, 0.2) is 5.78 Å². The number of hydrogen-bond acceptors (Lipinski definition) is 6. The summed E-state index contributed by atoms with van der Waals surface area (Å²) in [6.07, 6.45) is 6.03. The fourth-order valence-electron chi connectivity index (χ4n) is 3.67. The Hall–Kier alpha value is -3.29. The summed E-state index contributed by atoms with van der Waals surface area (Å²) in [6.45, 7) is 1.94. The van der Waals surface area contributed by atoms with Gasteiger partial charge in [-0.2, -0.15) is 10.1 Å². The zero-order valence-electron chi connectivity index (χ0n) is 15.6. The predicted octanol–water partition coefficient (Wildman–Crippen LogP) is 2.28. The summed E-state index contributed by atoms with van der Waals surface area (Å²) < 4.78 is 6.58. The molecule has 0 spiro atoms. The van der Waals surface area contributed by atoms with E-state index in [0.717, 1.165) is 18.4 Å². The van der Waals surface area contributed by atoms with Crippen molar-refractivity contribution in [1.29, 1.82) is 0 Å². The third kappa shape index (κ3) is 3.58. The van der Waals surface area contributed by atoms with Crippen molar-refractivity contribution in [2.24, 2.45) is 5.73 Å². The van der Waals surface area contributed by atoms with Crippen molar-refractivity contribution in [1.82, 2.24) is 19.9 Å². The first-order chi connectivity index (χ1) is 13.5. The summed E-state index contributed by atoms with van der Waals surface area (Å²) in [7, 11) is 0. The summed E-state index contributed by atoms with van der Waals surface area (Å²) in [4.78, 5) is 28.0. The molecular weight excluding hydrogens is 358 g/mol. The minimum atomic E-state index is -0.490. The second kappa shape index (κ2) is 7.38. The first kappa shape index (κ1) is 18.1. The van der Waals surface area contributed by atoms with Crippen LogP contribution in [-0.2, 0) is 24.2 Å². The normalized spacial score (nSPS) is 15.5. The number of amides is 1. The lowest BCUT2D eigenvalue weighted by Gasteiger charge is -2.10. The van der Waals surface area contributed by atoms with Gasteiger partial charge >= 0.3 is 0 Å². The Morgan fingerprint density at radius 3 is 2.96 bits per heavy atom. The molecule has 0 bridgehead atoms. The SMILES string of the molecule is CCc1nc(-c2ccc3c(c2)CC[C@H]3CC(=O)c2cnn(CC(N)=O)c2)no1. The van der Waals surface area contributed by atoms with E-state index in [1.165, 1.54) is 22.0 Å². The highest BCUT2D eigenvalue weighted by Crippen LogP contribution is 2.38. The van der Waals surface area contributed by atoms with Gasteiger partial charge in [-0.1, -0.05) is 24.2 Å². The van der Waals surface area contributed by atoms with E-state index < -0.39 is 5.91 Å². The summed E-state index contributed by atoms with van der Waals surface area (Å²) in [5.74, 6) is 0.920. The maximum absolute atomic E-state index is 12.6. The lowest BCUT2D eigenvalue weighted by atomic mass is 9.93. The van der Waals surface area contributed by atoms with Crippen LogP contribution in [0.25, 0.3) is 11.4 Å². The summed E-state index contributed by atoms with van der Waals surface area (Å²) >= 11 is 0. The van der Waals surface area contributed by atoms with Gasteiger partial charge in [-0.25, -0.2) is 0 Å². The van der Waals surface area contributed by atoms with Crippen molar-refractivity contribution in [2.75, 3.05) is 0 Å². The van der Waals surface area contributed by atoms with Crippen molar-refractivity contribution < 1.29 is 14.1 Å². The average molecular weight is 379 g/mol. The molecule has 2 N–H and O–H groups in total. The van der Waals surface area contributed by atoms with E-state index in [9.17, 15) is 9.59 Å². The molecule has 2 aromatic heterocycles. The highest BCUT2D eigenvalue weighted by atomic mass is 16.5. The number of carbonyl (C=O) groups is 2. The topological polar surface area (TPSA) is 117 Å². The average Bonchev–Trinajstić information content (AvgIpc) is 3.40. The zero-order valence-corrected chi connectivity index (χ0v) is 15.6. The number of aromatic nitrogens is 4. The van der Waals surface area contributed by atoms with Gasteiger partial charge in [0.25, 0.3) is 0 Å². The van der Waals surface area contributed by atoms with Gasteiger partial charge in [-0.05, 0) is 36.0 Å². The highest BCUT2D eigenvalue weighted by Gasteiger charge is 2.26. The molecule has 8 heteroatoms. The smallest absolute Gasteiger partial charge is 0.239 e. The second-order valence-corrected chi connectivity index (χ2v) is 7.03. The number of nitrogens with zero attached hydrogens (tertiary/aromatic N) is 4. The molecule has 8 nitrogen and oxygen atoms in total. The van der Waals surface area contributed by atoms with Crippen molar-refractivity contribution >= 4 is 11.7 Å². The second-order valence-electron chi connectivity index (χ2n) is 7.03. The number of fused-ring (bicyclic) bond motifs is 1. The Morgan fingerprint density at radius 2 is 2.21 bits per heavy atom. The van der Waals surface area contributed by atoms with E-state index in [4.69, 9.17) is 10.3 Å². The largest absolute Gasteiger partial charge is 0.368 e. The maximum atomic E-state index is 12.6. The molecule has 2 heterocycles. The van der Waals surface area contributed by atoms with Crippen LogP contribution in [0.2, 0.25) is 0 Å². The Morgan fingerprint density at radius 1 is 1.36 bits per heavy atom. The summed E-state index contributed by atoms with van der Waals surface area (Å²) in [5, 5.41) is 8.05. The van der Waals surface area contributed by atoms with Gasteiger partial charge in [-0.3, -0.25) is 14.3 Å². The van der Waals surface area contributed by atoms with Crippen molar-refractivity contribution in [3.8, 4) is 11.4 Å². The van der Waals surface area contributed by atoms with Gasteiger partial charge in [0.2, 0.25) is 17.6 Å². The number of hydrogen-bond donors (Lipinski definition) is 1. The van der Waals surface area contributed by atoms with Gasteiger partial charge in [0.1, 0.15) is 6.54 Å². The van der Waals surface area contributed by atoms with Crippen LogP contribution >= 0.6 is 0 Å². The molecule has 4 rings (SSSR count). The van der Waals surface area contributed by atoms with E-state index in [1.807, 2.05) is 13.0 Å². The third-order valence-corrected chi connectivity index (χ3v) is 5.08. The van der Waals surface area contributed by atoms with E-state index >= 15 is 0 Å². The van der Waals surface area contributed by atoms with Gasteiger partial charge < -0.3 is 10.3 Å². The van der Waals surface area contributed by atoms with E-state index in [0.29, 0.717) is 30.1 Å². The molecule has 0 saturated heterocycles. The first-order valence-corrected chi connectivity index (χ1v) is 9.33. The number of rotatable bonds is 7. The van der Waals surface area contributed by atoms with Crippen LogP contribution in [-0.4, -0.2) is 31.6 Å². The maximum Gasteiger partial charge on any atom is 0.239 e. The monoisotopic (exact) mass is 379 g/mol. The molecular formula is C20H21N5O3. The zero-order chi connectivity index (χ0) is 19.7. The fourth-order valence-corrected chi connectivity index (χ4v) is 3.67. The number of primary amides is 1. The molecule has 144 valence electrons. The van der Waals surface area contributed by atoms with Gasteiger partial charge in [0.05, 0.1) is 11.8 Å². The van der Waals surface area contributed by atoms with Gasteiger partial charge in [0, 0.05) is 24.6 Å². The molecule has 1 amide bonds. The van der Waals surface area contributed by atoms with Crippen LogP contribution in [0.3, 0.4) is 0 Å². The number of carbonyl (C=O) groups excluding carboxylic acids is 2. The first-order valence-electron chi connectivity index (χ1n) is 9.33. The number of nitrogens with two attached hydrogens (primary N) is 1. The lowest BCUT2D eigenvalue weighted by molar-refractivity contribution is -0.118. The number of Topliss-reactive ketones (excluding diaryl/α,β-unsaturated/α-hetero) is 1. The number of ketones is 1. The molecule has 1 aliphatic carbocycles. The molecule has 3 aromatic rings. The molecule has 1 atom stereocenters. The molecule has 0 fully saturated rings. The molecule has 1 aromatic carbocycles. The quantitative estimate of drug-likeness (QED) is 0.630. The molecule has 1 aliphatic rings. The standard InChI is InChI=1S/C20H21N5O3/c1-2-19-23-20(24-28-19)14-5-6-16-12(7-14)3-4-13(16)8-17(26)15-9-22-25(10-15)11-18(21)27/h5-7,9-10,13H,2-4,8,11H2,1H3,(H2,21,27)/t13-/m0/s1. The van der Waals surface area contributed by atoms with Gasteiger partial charge in [-0.15, -0.1) is 0 Å². The summed E-state index contributed by atoms with van der Waals surface area (Å²) in [6, 6.07) is 6.14. The molecule has 0 radical (unpaired) electrons. The van der Waals surface area contributed by atoms with Crippen molar-refractivity contribution in [3.05, 3.63) is 53.2 Å². The molecule has 0 unspecified atom stereocenters. The van der Waals surface area contributed by atoms with E-state index in [1.54, 1.807) is 6.20 Å². The number of aryl methyl sites for hydroxylation is 2. The Balaban J connectivity index is 1.48. The van der Waals surface area contributed by atoms with Crippen LogP contribution in [0.1, 0.15) is 53.1 Å². The molecule has 0 aliphatic heterocycles. The summed E-state index contributed by atoms with van der Waals surface area (Å²) in [5.41, 5.74) is 9.02. The third-order valence-electron chi connectivity index (χ3n) is 5.08. The predicted molar refractivity (Wildman–Crippen MR) is 101 cm³/mol. The van der Waals surface area contributed by atoms with E-state index in [-0.39, 0.29) is 18.2 Å². The molecule has 28 heavy (non-hydrogen) atoms. The minimum Gasteiger partial charge on any atom is -0.368 e. The Kier molecular flexibility index (Phi) is 4.77. The van der Waals surface area contributed by atoms with Crippen LogP contribution in [0, 0.1) is 0 Å². The van der Waals surface area contributed by atoms with Crippen LogP contribution in [0.5, 0.6) is 0 Å². The molecule has 0 saturated carbocycles. The van der Waals surface area contributed by atoms with Crippen LogP contribution < -0.4 is 5.73 Å². The Labute approximate surface area is 161 Å². The van der Waals surface area contributed by atoms with E-state index in [2.05, 4.69) is 27.4 Å². The minimum absolute atomic E-state index is 0.0170. The highest BCUT2D eigenvalue weighted by molar-refractivity contribution is 5.96. The van der Waals surface area contributed by atoms with Crippen LogP contribution in [0.4, 0.5) is 0 Å². The van der Waals surface area contributed by atoms with Crippen LogP contribution in [0.15, 0.2) is 35.1 Å². The Bertz CT molecular complexity index is 1040.